The van der Waals surface area contributed by atoms with Crippen LogP contribution in [0.2, 0.25) is 0 Å². The summed E-state index contributed by atoms with van der Waals surface area (Å²) in [5.41, 5.74) is 4.29. The average Bonchev–Trinajstić information content (AvgIpc) is 3.18. The van der Waals surface area contributed by atoms with Gasteiger partial charge in [-0.3, -0.25) is 9.69 Å². The minimum absolute atomic E-state index is 0.229. The first-order valence-electron chi connectivity index (χ1n) is 9.76. The molecule has 1 fully saturated rings. The molecule has 0 aliphatic carbocycles. The fourth-order valence-electron chi connectivity index (χ4n) is 4.30. The van der Waals surface area contributed by atoms with Crippen LogP contribution in [0.25, 0.3) is 0 Å². The third-order valence-electron chi connectivity index (χ3n) is 5.63. The first-order valence-corrected chi connectivity index (χ1v) is 9.76. The summed E-state index contributed by atoms with van der Waals surface area (Å²) in [5, 5.41) is 9.81. The highest BCUT2D eigenvalue weighted by Crippen LogP contribution is 2.44. The van der Waals surface area contributed by atoms with E-state index in [0.29, 0.717) is 30.2 Å². The Labute approximate surface area is 172 Å². The largest absolute Gasteiger partial charge is 0.493 e. The second kappa shape index (κ2) is 8.74. The fraction of sp³-hybridized carbons (Fsp3) is 0.435. The number of hydrogen-bond acceptors (Lipinski definition) is 5. The van der Waals surface area contributed by atoms with Gasteiger partial charge in [-0.15, -0.1) is 0 Å². The van der Waals surface area contributed by atoms with E-state index in [9.17, 15) is 9.90 Å². The van der Waals surface area contributed by atoms with Crippen molar-refractivity contribution < 1.29 is 24.1 Å². The van der Waals surface area contributed by atoms with Gasteiger partial charge >= 0.3 is 5.97 Å². The number of carboxylic acid groups (broad SMARTS) is 1. The van der Waals surface area contributed by atoms with Crippen molar-refractivity contribution in [2.75, 3.05) is 27.9 Å². The minimum atomic E-state index is -0.787. The second-order valence-corrected chi connectivity index (χ2v) is 7.46. The van der Waals surface area contributed by atoms with E-state index >= 15 is 0 Å². The van der Waals surface area contributed by atoms with E-state index in [0.717, 1.165) is 23.1 Å². The van der Waals surface area contributed by atoms with Crippen LogP contribution in [0.15, 0.2) is 30.3 Å². The van der Waals surface area contributed by atoms with Gasteiger partial charge in [0.2, 0.25) is 5.75 Å². The first-order chi connectivity index (χ1) is 13.9. The minimum Gasteiger partial charge on any atom is -0.493 e. The maximum atomic E-state index is 12.0. The number of aryl methyl sites for hydroxylation is 2. The number of carboxylic acids is 1. The third kappa shape index (κ3) is 4.03. The van der Waals surface area contributed by atoms with E-state index in [-0.39, 0.29) is 6.04 Å². The normalized spacial score (nSPS) is 17.8. The zero-order chi connectivity index (χ0) is 21.1. The Hall–Kier alpha value is -2.73. The zero-order valence-electron chi connectivity index (χ0n) is 17.7. The van der Waals surface area contributed by atoms with E-state index in [1.807, 2.05) is 12.1 Å². The number of hydrogen-bond donors (Lipinski definition) is 1. The van der Waals surface area contributed by atoms with Crippen molar-refractivity contribution in [2.24, 2.45) is 0 Å². The molecule has 29 heavy (non-hydrogen) atoms. The number of benzene rings is 2. The topological polar surface area (TPSA) is 68.2 Å². The second-order valence-electron chi connectivity index (χ2n) is 7.46. The number of methoxy groups -OCH3 is 3. The molecule has 156 valence electrons. The Morgan fingerprint density at radius 2 is 1.72 bits per heavy atom. The Bertz CT molecular complexity index is 870. The van der Waals surface area contributed by atoms with E-state index in [1.54, 1.807) is 21.3 Å². The summed E-state index contributed by atoms with van der Waals surface area (Å²) < 4.78 is 16.6. The molecule has 6 heteroatoms. The lowest BCUT2D eigenvalue weighted by Gasteiger charge is -2.33. The molecule has 0 saturated carbocycles. The van der Waals surface area contributed by atoms with Gasteiger partial charge in [-0.2, -0.15) is 0 Å². The zero-order valence-corrected chi connectivity index (χ0v) is 17.7. The van der Waals surface area contributed by atoms with Gasteiger partial charge in [-0.25, -0.2) is 0 Å². The van der Waals surface area contributed by atoms with Gasteiger partial charge in [0, 0.05) is 6.54 Å². The molecule has 0 radical (unpaired) electrons. The monoisotopic (exact) mass is 399 g/mol. The van der Waals surface area contributed by atoms with Crippen LogP contribution in [0.1, 0.15) is 41.1 Å². The predicted molar refractivity (Wildman–Crippen MR) is 111 cm³/mol. The van der Waals surface area contributed by atoms with Crippen LogP contribution in [0.4, 0.5) is 0 Å². The summed E-state index contributed by atoms with van der Waals surface area (Å²) in [7, 11) is 4.74. The van der Waals surface area contributed by atoms with Crippen LogP contribution in [0.3, 0.4) is 0 Å². The van der Waals surface area contributed by atoms with Crippen molar-refractivity contribution in [3.8, 4) is 17.2 Å². The van der Waals surface area contributed by atoms with Crippen LogP contribution >= 0.6 is 0 Å². The molecule has 2 unspecified atom stereocenters. The molecule has 2 aromatic carbocycles. The van der Waals surface area contributed by atoms with Gasteiger partial charge in [-0.1, -0.05) is 23.8 Å². The van der Waals surface area contributed by atoms with Crippen LogP contribution in [0.5, 0.6) is 17.2 Å². The Kier molecular flexibility index (Phi) is 6.33. The standard InChI is InChI=1S/C23H29NO5/c1-14-8-9-17(15(2)11-14)21(24-10-6-7-18(24)23(25)26)16-12-19(27-3)22(29-5)20(13-16)28-4/h8-9,11-13,18,21H,6-7,10H2,1-5H3,(H,25,26). The van der Waals surface area contributed by atoms with E-state index in [1.165, 1.54) is 5.56 Å². The molecule has 1 aliphatic heterocycles. The molecule has 1 aliphatic rings. The molecule has 2 aromatic rings. The Morgan fingerprint density at radius 1 is 1.07 bits per heavy atom. The molecule has 0 spiro atoms. The van der Waals surface area contributed by atoms with Crippen molar-refractivity contribution in [1.29, 1.82) is 0 Å². The van der Waals surface area contributed by atoms with Gasteiger partial charge in [0.1, 0.15) is 6.04 Å². The summed E-state index contributed by atoms with van der Waals surface area (Å²) in [6, 6.07) is 9.37. The first kappa shape index (κ1) is 21.0. The molecular formula is C23H29NO5. The summed E-state index contributed by atoms with van der Waals surface area (Å²) >= 11 is 0. The van der Waals surface area contributed by atoms with Crippen molar-refractivity contribution in [1.82, 2.24) is 4.90 Å². The van der Waals surface area contributed by atoms with Crippen LogP contribution in [-0.2, 0) is 4.79 Å². The Morgan fingerprint density at radius 3 is 2.24 bits per heavy atom. The smallest absolute Gasteiger partial charge is 0.320 e. The number of likely N-dealkylation sites (tertiary alicyclic amines) is 1. The van der Waals surface area contributed by atoms with Crippen molar-refractivity contribution in [3.05, 3.63) is 52.6 Å². The molecule has 1 saturated heterocycles. The maximum Gasteiger partial charge on any atom is 0.320 e. The quantitative estimate of drug-likeness (QED) is 0.760. The summed E-state index contributed by atoms with van der Waals surface area (Å²) in [6.45, 7) is 4.84. The highest BCUT2D eigenvalue weighted by molar-refractivity contribution is 5.74. The summed E-state index contributed by atoms with van der Waals surface area (Å²) in [4.78, 5) is 14.0. The fourth-order valence-corrected chi connectivity index (χ4v) is 4.30. The summed E-state index contributed by atoms with van der Waals surface area (Å²) in [5.74, 6) is 0.851. The lowest BCUT2D eigenvalue weighted by atomic mass is 9.91. The van der Waals surface area contributed by atoms with Gasteiger partial charge < -0.3 is 19.3 Å². The van der Waals surface area contributed by atoms with Crippen molar-refractivity contribution >= 4 is 5.97 Å². The van der Waals surface area contributed by atoms with Crippen molar-refractivity contribution in [3.63, 3.8) is 0 Å². The van der Waals surface area contributed by atoms with E-state index < -0.39 is 12.0 Å². The molecule has 1 heterocycles. The summed E-state index contributed by atoms with van der Waals surface area (Å²) in [6.07, 6.45) is 1.49. The van der Waals surface area contributed by atoms with Gasteiger partial charge in [0.05, 0.1) is 27.4 Å². The van der Waals surface area contributed by atoms with Gasteiger partial charge in [-0.05, 0) is 55.5 Å². The van der Waals surface area contributed by atoms with Crippen LogP contribution < -0.4 is 14.2 Å². The van der Waals surface area contributed by atoms with E-state index in [2.05, 4.69) is 36.9 Å². The van der Waals surface area contributed by atoms with E-state index in [4.69, 9.17) is 14.2 Å². The Balaban J connectivity index is 2.22. The van der Waals surface area contributed by atoms with Gasteiger partial charge in [0.25, 0.3) is 0 Å². The number of aliphatic carboxylic acids is 1. The molecule has 3 rings (SSSR count). The molecule has 0 amide bonds. The predicted octanol–water partition coefficient (Wildman–Crippen LogP) is 3.97. The number of carbonyl (C=O) groups is 1. The molecule has 0 bridgehead atoms. The van der Waals surface area contributed by atoms with Crippen LogP contribution in [0, 0.1) is 13.8 Å². The maximum absolute atomic E-state index is 12.0. The number of nitrogens with zero attached hydrogens (tertiary/aromatic N) is 1. The highest BCUT2D eigenvalue weighted by atomic mass is 16.5. The molecule has 2 atom stereocenters. The number of ether oxygens (including phenoxy) is 3. The third-order valence-corrected chi connectivity index (χ3v) is 5.63. The lowest BCUT2D eigenvalue weighted by Crippen LogP contribution is -2.39. The van der Waals surface area contributed by atoms with Gasteiger partial charge in [0.15, 0.2) is 11.5 Å². The molecule has 6 nitrogen and oxygen atoms in total. The molecular weight excluding hydrogens is 370 g/mol. The van der Waals surface area contributed by atoms with Crippen LogP contribution in [-0.4, -0.2) is 49.9 Å². The average molecular weight is 399 g/mol. The lowest BCUT2D eigenvalue weighted by molar-refractivity contribution is -0.142. The molecule has 1 N–H and O–H groups in total. The number of rotatable bonds is 7. The highest BCUT2D eigenvalue weighted by Gasteiger charge is 2.38. The van der Waals surface area contributed by atoms with Crippen molar-refractivity contribution in [2.45, 2.75) is 38.8 Å². The molecule has 0 aromatic heterocycles. The SMILES string of the molecule is COc1cc(C(c2ccc(C)cc2C)N2CCCC2C(=O)O)cc(OC)c1OC.